The number of furan rings is 1. The predicted octanol–water partition coefficient (Wildman–Crippen LogP) is 4.57. The first-order chi connectivity index (χ1) is 16.3. The van der Waals surface area contributed by atoms with Crippen molar-refractivity contribution in [2.45, 2.75) is 20.4 Å². The summed E-state index contributed by atoms with van der Waals surface area (Å²) in [5, 5.41) is 3.73. The molecule has 1 amide bonds. The third kappa shape index (κ3) is 5.29. The van der Waals surface area contributed by atoms with Gasteiger partial charge in [-0.15, -0.1) is 0 Å². The van der Waals surface area contributed by atoms with E-state index in [-0.39, 0.29) is 30.0 Å². The summed E-state index contributed by atoms with van der Waals surface area (Å²) in [5.41, 5.74) is 0.880. The maximum Gasteiger partial charge on any atom is 0.349 e. The Labute approximate surface area is 199 Å². The summed E-state index contributed by atoms with van der Waals surface area (Å²) in [7, 11) is 0. The maximum absolute atomic E-state index is 12.4. The van der Waals surface area contributed by atoms with Crippen LogP contribution in [0.2, 0.25) is 5.02 Å². The summed E-state index contributed by atoms with van der Waals surface area (Å²) in [6.45, 7) is 3.50. The van der Waals surface area contributed by atoms with E-state index >= 15 is 0 Å². The Kier molecular flexibility index (Phi) is 6.70. The van der Waals surface area contributed by atoms with Gasteiger partial charge in [0.15, 0.2) is 6.61 Å². The summed E-state index contributed by atoms with van der Waals surface area (Å²) >= 11 is 6.14. The van der Waals surface area contributed by atoms with Crippen LogP contribution in [0, 0.1) is 13.8 Å². The van der Waals surface area contributed by atoms with Gasteiger partial charge in [0, 0.05) is 16.5 Å². The quantitative estimate of drug-likeness (QED) is 0.234. The Morgan fingerprint density at radius 1 is 1.03 bits per heavy atom. The molecule has 4 rings (SSSR count). The Bertz CT molecular complexity index is 1400. The Morgan fingerprint density at radius 3 is 2.50 bits per heavy atom. The average Bonchev–Trinajstić information content (AvgIpc) is 3.33. The van der Waals surface area contributed by atoms with Gasteiger partial charge in [0.2, 0.25) is 0 Å². The molecular formula is C25H20ClNO7. The monoisotopic (exact) mass is 481 g/mol. The van der Waals surface area contributed by atoms with Gasteiger partial charge in [0.1, 0.15) is 28.4 Å². The zero-order valence-electron chi connectivity index (χ0n) is 18.3. The van der Waals surface area contributed by atoms with Gasteiger partial charge in [0.25, 0.3) is 5.91 Å². The molecular weight excluding hydrogens is 462 g/mol. The Balaban J connectivity index is 1.42. The second kappa shape index (κ2) is 9.84. The molecule has 0 bridgehead atoms. The predicted molar refractivity (Wildman–Crippen MR) is 124 cm³/mol. The molecule has 0 radical (unpaired) electrons. The van der Waals surface area contributed by atoms with Crippen LogP contribution in [0.25, 0.3) is 11.0 Å². The number of esters is 1. The molecule has 0 aliphatic heterocycles. The number of benzene rings is 2. The largest absolute Gasteiger partial charge is 0.482 e. The number of aryl methyl sites for hydroxylation is 2. The second-order valence-electron chi connectivity index (χ2n) is 7.54. The van der Waals surface area contributed by atoms with E-state index in [4.69, 9.17) is 29.9 Å². The number of carbonyl (C=O) groups is 2. The van der Waals surface area contributed by atoms with E-state index in [9.17, 15) is 14.4 Å². The molecule has 0 saturated carbocycles. The smallest absolute Gasteiger partial charge is 0.349 e. The zero-order valence-corrected chi connectivity index (χ0v) is 19.1. The number of hydrogen-bond acceptors (Lipinski definition) is 7. The Hall–Kier alpha value is -4.04. The third-order valence-corrected chi connectivity index (χ3v) is 5.55. The number of ether oxygens (including phenoxy) is 2. The van der Waals surface area contributed by atoms with Crippen molar-refractivity contribution >= 4 is 34.4 Å². The van der Waals surface area contributed by atoms with Crippen molar-refractivity contribution in [2.24, 2.45) is 0 Å². The number of nitrogens with one attached hydrogen (secondary N) is 1. The molecule has 8 nitrogen and oxygen atoms in total. The lowest BCUT2D eigenvalue weighted by atomic mass is 10.1. The zero-order chi connectivity index (χ0) is 24.2. The molecule has 0 spiro atoms. The van der Waals surface area contributed by atoms with Crippen LogP contribution in [0.5, 0.6) is 11.5 Å². The van der Waals surface area contributed by atoms with Gasteiger partial charge >= 0.3 is 11.6 Å². The number of hydrogen-bond donors (Lipinski definition) is 1. The number of rotatable bonds is 7. The molecule has 4 aromatic rings. The highest BCUT2D eigenvalue weighted by molar-refractivity contribution is 6.32. The molecule has 0 aliphatic carbocycles. The standard InChI is InChI=1S/C25H20ClNO7/c1-14-8-19(9-15(2)23(14)26)32-13-22(28)33-17-6-5-16-10-20(25(30)34-21(16)11-17)24(29)27-12-18-4-3-7-31-18/h3-11H,12-13H2,1-2H3,(H,27,29). The average molecular weight is 482 g/mol. The molecule has 0 atom stereocenters. The van der Waals surface area contributed by atoms with E-state index in [1.807, 2.05) is 13.8 Å². The molecule has 2 aromatic carbocycles. The first-order valence-corrected chi connectivity index (χ1v) is 10.7. The van der Waals surface area contributed by atoms with Gasteiger partial charge in [0.05, 0.1) is 12.8 Å². The van der Waals surface area contributed by atoms with Crippen LogP contribution >= 0.6 is 11.6 Å². The van der Waals surface area contributed by atoms with Gasteiger partial charge in [-0.2, -0.15) is 0 Å². The molecule has 34 heavy (non-hydrogen) atoms. The minimum Gasteiger partial charge on any atom is -0.482 e. The molecule has 0 fully saturated rings. The molecule has 9 heteroatoms. The first-order valence-electron chi connectivity index (χ1n) is 10.3. The molecule has 2 heterocycles. The van der Waals surface area contributed by atoms with Crippen molar-refractivity contribution in [3.8, 4) is 11.5 Å². The van der Waals surface area contributed by atoms with E-state index in [0.717, 1.165) is 11.1 Å². The highest BCUT2D eigenvalue weighted by Gasteiger charge is 2.15. The van der Waals surface area contributed by atoms with Crippen molar-refractivity contribution in [3.63, 3.8) is 0 Å². The molecule has 2 aromatic heterocycles. The van der Waals surface area contributed by atoms with Crippen molar-refractivity contribution in [1.29, 1.82) is 0 Å². The SMILES string of the molecule is Cc1cc(OCC(=O)Oc2ccc3cc(C(=O)NCc4ccco4)c(=O)oc3c2)cc(C)c1Cl. The number of amides is 1. The summed E-state index contributed by atoms with van der Waals surface area (Å²) in [4.78, 5) is 36.9. The van der Waals surface area contributed by atoms with Gasteiger partial charge in [-0.05, 0) is 67.4 Å². The highest BCUT2D eigenvalue weighted by Crippen LogP contribution is 2.26. The van der Waals surface area contributed by atoms with Crippen LogP contribution < -0.4 is 20.4 Å². The molecule has 0 saturated heterocycles. The van der Waals surface area contributed by atoms with Crippen molar-refractivity contribution < 1.29 is 27.9 Å². The lowest BCUT2D eigenvalue weighted by molar-refractivity contribution is -0.136. The summed E-state index contributed by atoms with van der Waals surface area (Å²) < 4.78 is 21.2. The topological polar surface area (TPSA) is 108 Å². The fourth-order valence-electron chi connectivity index (χ4n) is 3.28. The van der Waals surface area contributed by atoms with Crippen molar-refractivity contribution in [1.82, 2.24) is 5.32 Å². The summed E-state index contributed by atoms with van der Waals surface area (Å²) in [5.74, 6) is -0.00926. The van der Waals surface area contributed by atoms with E-state index in [1.165, 1.54) is 24.5 Å². The fourth-order valence-corrected chi connectivity index (χ4v) is 3.39. The van der Waals surface area contributed by atoms with E-state index < -0.39 is 17.5 Å². The van der Waals surface area contributed by atoms with Crippen LogP contribution in [0.1, 0.15) is 27.2 Å². The molecule has 0 unspecified atom stereocenters. The van der Waals surface area contributed by atoms with E-state index in [0.29, 0.717) is 21.9 Å². The van der Waals surface area contributed by atoms with Crippen LogP contribution in [0.15, 0.2) is 68.4 Å². The molecule has 1 N–H and O–H groups in total. The van der Waals surface area contributed by atoms with Gasteiger partial charge in [-0.1, -0.05) is 11.6 Å². The van der Waals surface area contributed by atoms with Gasteiger partial charge in [-0.3, -0.25) is 4.79 Å². The van der Waals surface area contributed by atoms with Crippen LogP contribution in [0.4, 0.5) is 0 Å². The van der Waals surface area contributed by atoms with E-state index in [2.05, 4.69) is 5.32 Å². The number of carbonyl (C=O) groups excluding carboxylic acids is 2. The maximum atomic E-state index is 12.4. The minimum absolute atomic E-state index is 0.134. The number of halogens is 1. The highest BCUT2D eigenvalue weighted by atomic mass is 35.5. The van der Waals surface area contributed by atoms with Crippen LogP contribution in [-0.4, -0.2) is 18.5 Å². The second-order valence-corrected chi connectivity index (χ2v) is 7.92. The van der Waals surface area contributed by atoms with E-state index in [1.54, 1.807) is 30.3 Å². The fraction of sp³-hybridized carbons (Fsp3) is 0.160. The minimum atomic E-state index is -0.815. The molecule has 0 aliphatic rings. The Morgan fingerprint density at radius 2 is 1.79 bits per heavy atom. The molecule has 174 valence electrons. The lowest BCUT2D eigenvalue weighted by Gasteiger charge is -2.10. The lowest BCUT2D eigenvalue weighted by Crippen LogP contribution is -2.27. The number of fused-ring (bicyclic) bond motifs is 1. The summed E-state index contributed by atoms with van der Waals surface area (Å²) in [6, 6.07) is 12.8. The van der Waals surface area contributed by atoms with Gasteiger partial charge in [-0.25, -0.2) is 9.59 Å². The third-order valence-electron chi connectivity index (χ3n) is 4.95. The summed E-state index contributed by atoms with van der Waals surface area (Å²) in [6.07, 6.45) is 1.49. The van der Waals surface area contributed by atoms with Crippen molar-refractivity contribution in [2.75, 3.05) is 6.61 Å². The normalized spacial score (nSPS) is 10.8. The van der Waals surface area contributed by atoms with Crippen molar-refractivity contribution in [3.05, 3.63) is 92.7 Å². The van der Waals surface area contributed by atoms with Crippen LogP contribution in [-0.2, 0) is 11.3 Å². The first kappa shape index (κ1) is 23.1. The van der Waals surface area contributed by atoms with Crippen LogP contribution in [0.3, 0.4) is 0 Å². The van der Waals surface area contributed by atoms with Gasteiger partial charge < -0.3 is 23.6 Å².